The number of nitrogens with zero attached hydrogens (tertiary/aromatic N) is 2. The van der Waals surface area contributed by atoms with Gasteiger partial charge in [0.25, 0.3) is 5.91 Å². The van der Waals surface area contributed by atoms with Crippen molar-refractivity contribution in [3.05, 3.63) is 29.8 Å². The highest BCUT2D eigenvalue weighted by atomic mass is 127. The third-order valence-corrected chi connectivity index (χ3v) is 4.24. The third kappa shape index (κ3) is 7.92. The van der Waals surface area contributed by atoms with Crippen LogP contribution in [0.5, 0.6) is 5.75 Å². The van der Waals surface area contributed by atoms with Crippen LogP contribution in [0.3, 0.4) is 0 Å². The summed E-state index contributed by atoms with van der Waals surface area (Å²) in [5.41, 5.74) is 0.582. The molecule has 27 heavy (non-hydrogen) atoms. The molecule has 0 bridgehead atoms. The molecule has 0 spiro atoms. The molecule has 2 rings (SSSR count). The molecule has 1 saturated heterocycles. The molecule has 0 saturated carbocycles. The van der Waals surface area contributed by atoms with Crippen molar-refractivity contribution < 1.29 is 14.3 Å². The zero-order chi connectivity index (χ0) is 18.8. The minimum absolute atomic E-state index is 0. The normalized spacial score (nSPS) is 16.4. The summed E-state index contributed by atoms with van der Waals surface area (Å²) in [7, 11) is 3.62. The van der Waals surface area contributed by atoms with E-state index in [0.717, 1.165) is 38.7 Å². The Hall–Kier alpha value is -1.55. The number of methoxy groups -OCH3 is 1. The van der Waals surface area contributed by atoms with Crippen molar-refractivity contribution in [1.82, 2.24) is 15.5 Å². The third-order valence-electron chi connectivity index (χ3n) is 4.24. The Kier molecular flexibility index (Phi) is 11.1. The van der Waals surface area contributed by atoms with Gasteiger partial charge < -0.3 is 25.0 Å². The number of hydrogen-bond acceptors (Lipinski definition) is 4. The predicted octanol–water partition coefficient (Wildman–Crippen LogP) is 1.98. The number of amides is 1. The van der Waals surface area contributed by atoms with E-state index in [4.69, 9.17) is 9.47 Å². The van der Waals surface area contributed by atoms with Gasteiger partial charge in [0.2, 0.25) is 0 Å². The lowest BCUT2D eigenvalue weighted by Crippen LogP contribution is -2.42. The average Bonchev–Trinajstić information content (AvgIpc) is 3.17. The van der Waals surface area contributed by atoms with Gasteiger partial charge in [0.15, 0.2) is 5.96 Å². The van der Waals surface area contributed by atoms with Gasteiger partial charge in [-0.2, -0.15) is 0 Å². The van der Waals surface area contributed by atoms with E-state index in [-0.39, 0.29) is 29.9 Å². The number of hydrogen-bond donors (Lipinski definition) is 2. The summed E-state index contributed by atoms with van der Waals surface area (Å²) in [5.74, 6) is 1.95. The molecular weight excluding hydrogens is 459 g/mol. The highest BCUT2D eigenvalue weighted by Crippen LogP contribution is 2.13. The van der Waals surface area contributed by atoms with E-state index in [2.05, 4.69) is 20.5 Å². The minimum atomic E-state index is -0.124. The van der Waals surface area contributed by atoms with Crippen LogP contribution in [0.15, 0.2) is 29.3 Å². The molecule has 1 aliphatic rings. The molecule has 1 aromatic rings. The molecule has 1 atom stereocenters. The van der Waals surface area contributed by atoms with E-state index in [1.807, 2.05) is 20.0 Å². The van der Waals surface area contributed by atoms with Gasteiger partial charge in [-0.25, -0.2) is 0 Å². The van der Waals surface area contributed by atoms with E-state index in [1.165, 1.54) is 0 Å². The lowest BCUT2D eigenvalue weighted by molar-refractivity contribution is 0.0954. The van der Waals surface area contributed by atoms with Gasteiger partial charge in [0.1, 0.15) is 5.75 Å². The Balaban J connectivity index is 0.00000364. The Morgan fingerprint density at radius 1 is 1.41 bits per heavy atom. The predicted molar refractivity (Wildman–Crippen MR) is 118 cm³/mol. The van der Waals surface area contributed by atoms with Crippen molar-refractivity contribution in [3.63, 3.8) is 0 Å². The van der Waals surface area contributed by atoms with Crippen molar-refractivity contribution in [2.75, 3.05) is 53.6 Å². The number of guanidine groups is 1. The molecule has 152 valence electrons. The van der Waals surface area contributed by atoms with Gasteiger partial charge in [0.05, 0.1) is 20.3 Å². The van der Waals surface area contributed by atoms with Crippen LogP contribution in [0.2, 0.25) is 0 Å². The standard InChI is InChI=1S/C19H30N4O3.HI/c1-4-20-19(23(2)13-15-8-11-26-14-15)22-10-9-21-18(24)16-6-5-7-17(12-16)25-3;/h5-7,12,15H,4,8-11,13-14H2,1-3H3,(H,20,22)(H,21,24);1H. The number of rotatable bonds is 8. The topological polar surface area (TPSA) is 75.2 Å². The Bertz CT molecular complexity index is 606. The number of aliphatic imine (C=N–C) groups is 1. The number of halogens is 1. The molecule has 2 N–H and O–H groups in total. The number of carbonyl (C=O) groups is 1. The Morgan fingerprint density at radius 3 is 2.89 bits per heavy atom. The number of carbonyl (C=O) groups excluding carboxylic acids is 1. The van der Waals surface area contributed by atoms with E-state index < -0.39 is 0 Å². The van der Waals surface area contributed by atoms with Crippen LogP contribution in [0.25, 0.3) is 0 Å². The van der Waals surface area contributed by atoms with Crippen molar-refractivity contribution >= 4 is 35.8 Å². The SMILES string of the molecule is CCNC(=NCCNC(=O)c1cccc(OC)c1)N(C)CC1CCOC1.I. The molecule has 1 heterocycles. The van der Waals surface area contributed by atoms with Crippen LogP contribution < -0.4 is 15.4 Å². The Morgan fingerprint density at radius 2 is 2.22 bits per heavy atom. The van der Waals surface area contributed by atoms with E-state index >= 15 is 0 Å². The van der Waals surface area contributed by atoms with E-state index in [1.54, 1.807) is 25.3 Å². The molecule has 1 fully saturated rings. The largest absolute Gasteiger partial charge is 0.497 e. The minimum Gasteiger partial charge on any atom is -0.497 e. The van der Waals surface area contributed by atoms with Gasteiger partial charge >= 0.3 is 0 Å². The second-order valence-electron chi connectivity index (χ2n) is 6.33. The first-order valence-corrected chi connectivity index (χ1v) is 9.13. The maximum atomic E-state index is 12.2. The summed E-state index contributed by atoms with van der Waals surface area (Å²) in [6, 6.07) is 7.11. The smallest absolute Gasteiger partial charge is 0.251 e. The highest BCUT2D eigenvalue weighted by Gasteiger charge is 2.19. The second kappa shape index (κ2) is 12.8. The van der Waals surface area contributed by atoms with Gasteiger partial charge in [0, 0.05) is 44.8 Å². The number of benzene rings is 1. The summed E-state index contributed by atoms with van der Waals surface area (Å²) < 4.78 is 10.6. The second-order valence-corrected chi connectivity index (χ2v) is 6.33. The average molecular weight is 490 g/mol. The summed E-state index contributed by atoms with van der Waals surface area (Å²) in [5, 5.41) is 6.19. The molecule has 8 heteroatoms. The van der Waals surface area contributed by atoms with Gasteiger partial charge in [-0.1, -0.05) is 6.07 Å². The van der Waals surface area contributed by atoms with Crippen LogP contribution >= 0.6 is 24.0 Å². The summed E-state index contributed by atoms with van der Waals surface area (Å²) in [6.07, 6.45) is 1.10. The van der Waals surface area contributed by atoms with Crippen molar-refractivity contribution in [2.24, 2.45) is 10.9 Å². The molecule has 1 amide bonds. The lowest BCUT2D eigenvalue weighted by atomic mass is 10.1. The summed E-state index contributed by atoms with van der Waals surface area (Å²) in [6.45, 7) is 6.44. The monoisotopic (exact) mass is 490 g/mol. The van der Waals surface area contributed by atoms with Gasteiger partial charge in [-0.3, -0.25) is 9.79 Å². The first-order valence-electron chi connectivity index (χ1n) is 9.13. The van der Waals surface area contributed by atoms with Crippen LogP contribution in [-0.4, -0.2) is 70.3 Å². The van der Waals surface area contributed by atoms with Gasteiger partial charge in [-0.15, -0.1) is 24.0 Å². The Labute approximate surface area is 178 Å². The van der Waals surface area contributed by atoms with Crippen LogP contribution in [-0.2, 0) is 4.74 Å². The summed E-state index contributed by atoms with van der Waals surface area (Å²) in [4.78, 5) is 18.9. The number of nitrogens with one attached hydrogen (secondary N) is 2. The van der Waals surface area contributed by atoms with E-state index in [9.17, 15) is 4.79 Å². The number of ether oxygens (including phenoxy) is 2. The van der Waals surface area contributed by atoms with Crippen LogP contribution in [0.4, 0.5) is 0 Å². The highest BCUT2D eigenvalue weighted by molar-refractivity contribution is 14.0. The van der Waals surface area contributed by atoms with Gasteiger partial charge in [-0.05, 0) is 31.5 Å². The van der Waals surface area contributed by atoms with Crippen molar-refractivity contribution in [3.8, 4) is 5.75 Å². The molecule has 1 unspecified atom stereocenters. The maximum Gasteiger partial charge on any atom is 0.251 e. The first kappa shape index (κ1) is 23.5. The zero-order valence-corrected chi connectivity index (χ0v) is 18.7. The molecule has 1 aliphatic heterocycles. The quantitative estimate of drug-likeness (QED) is 0.252. The lowest BCUT2D eigenvalue weighted by Gasteiger charge is -2.24. The molecule has 0 radical (unpaired) electrons. The fourth-order valence-corrected chi connectivity index (χ4v) is 2.87. The molecular formula is C19H31IN4O3. The zero-order valence-electron chi connectivity index (χ0n) is 16.4. The molecule has 0 aromatic heterocycles. The maximum absolute atomic E-state index is 12.2. The van der Waals surface area contributed by atoms with E-state index in [0.29, 0.717) is 30.3 Å². The molecule has 7 nitrogen and oxygen atoms in total. The summed E-state index contributed by atoms with van der Waals surface area (Å²) >= 11 is 0. The van der Waals surface area contributed by atoms with Crippen molar-refractivity contribution in [1.29, 1.82) is 0 Å². The fourth-order valence-electron chi connectivity index (χ4n) is 2.87. The fraction of sp³-hybridized carbons (Fsp3) is 0.579. The van der Waals surface area contributed by atoms with Crippen LogP contribution in [0, 0.1) is 5.92 Å². The van der Waals surface area contributed by atoms with Crippen molar-refractivity contribution in [2.45, 2.75) is 13.3 Å². The molecule has 0 aliphatic carbocycles. The first-order chi connectivity index (χ1) is 12.6. The molecule has 1 aromatic carbocycles. The van der Waals surface area contributed by atoms with Crippen LogP contribution in [0.1, 0.15) is 23.7 Å².